The van der Waals surface area contributed by atoms with Gasteiger partial charge in [-0.1, -0.05) is 48.5 Å². The molecule has 0 N–H and O–H groups in total. The molecule has 0 saturated carbocycles. The van der Waals surface area contributed by atoms with E-state index in [9.17, 15) is 10.1 Å². The minimum atomic E-state index is -0.384. The monoisotopic (exact) mass is 315 g/mol. The Labute approximate surface area is 138 Å². The van der Waals surface area contributed by atoms with Crippen LogP contribution in [0.4, 0.5) is 5.69 Å². The summed E-state index contributed by atoms with van der Waals surface area (Å²) in [5.74, 6) is 0.761. The van der Waals surface area contributed by atoms with Gasteiger partial charge in [-0.05, 0) is 18.2 Å². The van der Waals surface area contributed by atoms with Crippen LogP contribution in [0.3, 0.4) is 0 Å². The van der Waals surface area contributed by atoms with Crippen molar-refractivity contribution in [2.75, 3.05) is 0 Å². The third-order valence-corrected chi connectivity index (χ3v) is 3.89. The van der Waals surface area contributed by atoms with Gasteiger partial charge in [0.2, 0.25) is 0 Å². The normalized spacial score (nSPS) is 10.8. The van der Waals surface area contributed by atoms with Crippen molar-refractivity contribution in [3.63, 3.8) is 0 Å². The maximum Gasteiger partial charge on any atom is 0.271 e. The molecule has 3 aromatic carbocycles. The average molecular weight is 315 g/mol. The Morgan fingerprint density at radius 2 is 1.62 bits per heavy atom. The van der Waals surface area contributed by atoms with E-state index in [0.29, 0.717) is 0 Å². The maximum absolute atomic E-state index is 11.1. The van der Waals surface area contributed by atoms with E-state index >= 15 is 0 Å². The van der Waals surface area contributed by atoms with Crippen LogP contribution < -0.4 is 0 Å². The Morgan fingerprint density at radius 3 is 2.42 bits per heavy atom. The molecule has 0 aliphatic heterocycles. The van der Waals surface area contributed by atoms with Crippen molar-refractivity contribution in [1.29, 1.82) is 0 Å². The van der Waals surface area contributed by atoms with Gasteiger partial charge in [0.05, 0.1) is 21.6 Å². The molecule has 0 spiro atoms. The molecule has 24 heavy (non-hydrogen) atoms. The van der Waals surface area contributed by atoms with Gasteiger partial charge in [0.15, 0.2) is 0 Å². The first kappa shape index (κ1) is 14.1. The van der Waals surface area contributed by atoms with Gasteiger partial charge in [-0.25, -0.2) is 4.98 Å². The third kappa shape index (κ3) is 2.32. The fraction of sp³-hybridized carbons (Fsp3) is 0. The largest absolute Gasteiger partial charge is 0.292 e. The third-order valence-electron chi connectivity index (χ3n) is 3.89. The van der Waals surface area contributed by atoms with Gasteiger partial charge in [0.25, 0.3) is 5.69 Å². The van der Waals surface area contributed by atoms with Crippen molar-refractivity contribution in [2.45, 2.75) is 0 Å². The summed E-state index contributed by atoms with van der Waals surface area (Å²) in [5.41, 5.74) is 3.50. The topological polar surface area (TPSA) is 61.0 Å². The Balaban J connectivity index is 2.03. The van der Waals surface area contributed by atoms with Crippen LogP contribution in [0.1, 0.15) is 0 Å². The van der Waals surface area contributed by atoms with Crippen LogP contribution in [0, 0.1) is 10.1 Å². The van der Waals surface area contributed by atoms with Crippen LogP contribution in [-0.2, 0) is 0 Å². The molecule has 116 valence electrons. The van der Waals surface area contributed by atoms with E-state index in [4.69, 9.17) is 4.98 Å². The summed E-state index contributed by atoms with van der Waals surface area (Å²) >= 11 is 0. The van der Waals surface area contributed by atoms with Crippen LogP contribution in [0.25, 0.3) is 28.1 Å². The quantitative estimate of drug-likeness (QED) is 0.410. The molecular formula is C19H13N3O2. The summed E-state index contributed by atoms with van der Waals surface area (Å²) in [5, 5.41) is 11.1. The Hall–Kier alpha value is -3.47. The number of hydrogen-bond donors (Lipinski definition) is 0. The van der Waals surface area contributed by atoms with Gasteiger partial charge in [-0.3, -0.25) is 14.7 Å². The summed E-state index contributed by atoms with van der Waals surface area (Å²) in [6.45, 7) is 0. The smallest absolute Gasteiger partial charge is 0.271 e. The fourth-order valence-electron chi connectivity index (χ4n) is 2.81. The molecule has 0 radical (unpaired) electrons. The number of hydrogen-bond acceptors (Lipinski definition) is 3. The zero-order valence-corrected chi connectivity index (χ0v) is 12.7. The van der Waals surface area contributed by atoms with Crippen molar-refractivity contribution in [3.05, 3.63) is 89.0 Å². The molecule has 4 rings (SSSR count). The first-order valence-corrected chi connectivity index (χ1v) is 7.52. The predicted octanol–water partition coefficient (Wildman–Crippen LogP) is 4.60. The zero-order valence-electron chi connectivity index (χ0n) is 12.7. The van der Waals surface area contributed by atoms with Crippen molar-refractivity contribution in [1.82, 2.24) is 9.55 Å². The summed E-state index contributed by atoms with van der Waals surface area (Å²) in [7, 11) is 0. The number of benzene rings is 3. The average Bonchev–Trinajstić information content (AvgIpc) is 3.02. The molecular weight excluding hydrogens is 302 g/mol. The van der Waals surface area contributed by atoms with Gasteiger partial charge < -0.3 is 0 Å². The Kier molecular flexibility index (Phi) is 3.31. The van der Waals surface area contributed by atoms with Crippen LogP contribution in [0.15, 0.2) is 78.9 Å². The number of nitro benzene ring substituents is 1. The van der Waals surface area contributed by atoms with Gasteiger partial charge in [0, 0.05) is 17.7 Å². The van der Waals surface area contributed by atoms with E-state index in [2.05, 4.69) is 0 Å². The second-order valence-corrected chi connectivity index (χ2v) is 5.40. The molecule has 4 aromatic rings. The number of non-ortho nitro benzene ring substituents is 1. The van der Waals surface area contributed by atoms with Gasteiger partial charge in [-0.2, -0.15) is 0 Å². The molecule has 0 unspecified atom stereocenters. The summed E-state index contributed by atoms with van der Waals surface area (Å²) in [4.78, 5) is 15.5. The molecule has 1 aromatic heterocycles. The molecule has 0 fully saturated rings. The van der Waals surface area contributed by atoms with Crippen molar-refractivity contribution >= 4 is 16.7 Å². The lowest BCUT2D eigenvalue weighted by atomic mass is 10.2. The summed E-state index contributed by atoms with van der Waals surface area (Å²) < 4.78 is 1.96. The highest BCUT2D eigenvalue weighted by atomic mass is 16.6. The first-order valence-electron chi connectivity index (χ1n) is 7.52. The molecule has 5 heteroatoms. The van der Waals surface area contributed by atoms with Gasteiger partial charge in [-0.15, -0.1) is 0 Å². The number of aromatic nitrogens is 2. The molecule has 0 aliphatic rings. The van der Waals surface area contributed by atoms with E-state index in [1.807, 2.05) is 65.2 Å². The van der Waals surface area contributed by atoms with Crippen LogP contribution in [-0.4, -0.2) is 14.5 Å². The van der Waals surface area contributed by atoms with Crippen LogP contribution in [0.5, 0.6) is 0 Å². The van der Waals surface area contributed by atoms with Crippen molar-refractivity contribution < 1.29 is 4.92 Å². The zero-order chi connectivity index (χ0) is 16.5. The number of nitro groups is 1. The Morgan fingerprint density at radius 1 is 0.875 bits per heavy atom. The van der Waals surface area contributed by atoms with E-state index in [1.54, 1.807) is 12.1 Å². The first-order chi connectivity index (χ1) is 11.7. The SMILES string of the molecule is O=[N+]([O-])c1cccc(-n2c(-c3ccccc3)nc3ccccc32)c1. The van der Waals surface area contributed by atoms with E-state index in [1.165, 1.54) is 6.07 Å². The van der Waals surface area contributed by atoms with Gasteiger partial charge in [0.1, 0.15) is 5.82 Å². The minimum Gasteiger partial charge on any atom is -0.292 e. The lowest BCUT2D eigenvalue weighted by Crippen LogP contribution is -1.98. The summed E-state index contributed by atoms with van der Waals surface area (Å²) in [6, 6.07) is 24.2. The van der Waals surface area contributed by atoms with Crippen molar-refractivity contribution in [3.8, 4) is 17.1 Å². The fourth-order valence-corrected chi connectivity index (χ4v) is 2.81. The van der Waals surface area contributed by atoms with E-state index in [0.717, 1.165) is 28.1 Å². The number of fused-ring (bicyclic) bond motifs is 1. The second kappa shape index (κ2) is 5.62. The number of nitrogens with zero attached hydrogens (tertiary/aromatic N) is 3. The van der Waals surface area contributed by atoms with E-state index in [-0.39, 0.29) is 10.6 Å². The second-order valence-electron chi connectivity index (χ2n) is 5.40. The standard InChI is InChI=1S/C19H13N3O2/c23-22(24)16-10-6-9-15(13-16)21-18-12-5-4-11-17(18)20-19(21)14-7-2-1-3-8-14/h1-13H. The van der Waals surface area contributed by atoms with E-state index < -0.39 is 0 Å². The molecule has 0 bridgehead atoms. The number of para-hydroxylation sites is 2. The molecule has 1 heterocycles. The van der Waals surface area contributed by atoms with Crippen LogP contribution in [0.2, 0.25) is 0 Å². The summed E-state index contributed by atoms with van der Waals surface area (Å²) in [6.07, 6.45) is 0. The highest BCUT2D eigenvalue weighted by Gasteiger charge is 2.15. The highest BCUT2D eigenvalue weighted by molar-refractivity contribution is 5.83. The molecule has 0 amide bonds. The Bertz CT molecular complexity index is 1040. The molecule has 5 nitrogen and oxygen atoms in total. The molecule has 0 aliphatic carbocycles. The highest BCUT2D eigenvalue weighted by Crippen LogP contribution is 2.29. The van der Waals surface area contributed by atoms with Crippen LogP contribution >= 0.6 is 0 Å². The predicted molar refractivity (Wildman–Crippen MR) is 93.2 cm³/mol. The lowest BCUT2D eigenvalue weighted by Gasteiger charge is -2.09. The number of imidazole rings is 1. The molecule has 0 saturated heterocycles. The van der Waals surface area contributed by atoms with Gasteiger partial charge >= 0.3 is 0 Å². The maximum atomic E-state index is 11.1. The minimum absolute atomic E-state index is 0.0595. The van der Waals surface area contributed by atoms with Crippen molar-refractivity contribution in [2.24, 2.45) is 0 Å². The lowest BCUT2D eigenvalue weighted by molar-refractivity contribution is -0.384. The molecule has 0 atom stereocenters. The number of rotatable bonds is 3.